The zero-order chi connectivity index (χ0) is 26.5. The molecule has 2 aromatic rings. The third-order valence-corrected chi connectivity index (χ3v) is 6.69. The van der Waals surface area contributed by atoms with Crippen LogP contribution in [0.3, 0.4) is 0 Å². The molecule has 0 aliphatic heterocycles. The molecular weight excluding hydrogens is 474 g/mol. The summed E-state index contributed by atoms with van der Waals surface area (Å²) in [6.45, 7) is 14.5. The first-order chi connectivity index (χ1) is 17.2. The van der Waals surface area contributed by atoms with Crippen molar-refractivity contribution < 1.29 is 25.2 Å². The SMILES string of the molecule is C=C(C)C(=O)OCCNC(=O)OC(COc1ccc(C(C(C)C)C(C)C)cc1)CSc1ccccc1.[HH]. The molecule has 36 heavy (non-hydrogen) atoms. The van der Waals surface area contributed by atoms with Crippen LogP contribution in [0.5, 0.6) is 5.75 Å². The third-order valence-electron chi connectivity index (χ3n) is 5.54. The fraction of sp³-hybridized carbons (Fsp3) is 0.448. The highest BCUT2D eigenvalue weighted by molar-refractivity contribution is 7.99. The molecule has 1 atom stereocenters. The van der Waals surface area contributed by atoms with Crippen LogP contribution in [0, 0.1) is 11.8 Å². The maximum atomic E-state index is 12.3. The van der Waals surface area contributed by atoms with Crippen molar-refractivity contribution in [2.24, 2.45) is 11.8 Å². The standard InChI is InChI=1S/C29H39NO5S.H2/c1-20(2)27(21(3)4)23-12-14-24(15-13-23)34-18-25(19-36-26-10-8-7-9-11-26)35-29(32)30-16-17-33-28(31)22(5)6;/h7-15,20-21,25,27H,5,16-19H2,1-4,6H3,(H,30,32);1H. The number of benzene rings is 2. The summed E-state index contributed by atoms with van der Waals surface area (Å²) in [6.07, 6.45) is -1.07. The van der Waals surface area contributed by atoms with Gasteiger partial charge < -0.3 is 19.5 Å². The number of ether oxygens (including phenoxy) is 3. The lowest BCUT2D eigenvalue weighted by molar-refractivity contribution is -0.138. The van der Waals surface area contributed by atoms with E-state index in [4.69, 9.17) is 14.2 Å². The smallest absolute Gasteiger partial charge is 0.407 e. The molecule has 0 heterocycles. The topological polar surface area (TPSA) is 73.9 Å². The van der Waals surface area contributed by atoms with Crippen molar-refractivity contribution >= 4 is 23.8 Å². The second-order valence-electron chi connectivity index (χ2n) is 9.39. The Morgan fingerprint density at radius 1 is 1.00 bits per heavy atom. The predicted octanol–water partition coefficient (Wildman–Crippen LogP) is 6.71. The number of hydrogen-bond acceptors (Lipinski definition) is 6. The van der Waals surface area contributed by atoms with Gasteiger partial charge in [-0.05, 0) is 54.5 Å². The van der Waals surface area contributed by atoms with E-state index < -0.39 is 18.2 Å². The van der Waals surface area contributed by atoms with Crippen molar-refractivity contribution in [3.63, 3.8) is 0 Å². The van der Waals surface area contributed by atoms with Crippen LogP contribution in [0.4, 0.5) is 4.79 Å². The number of alkyl carbamates (subject to hydrolysis) is 1. The Labute approximate surface area is 221 Å². The van der Waals surface area contributed by atoms with Gasteiger partial charge in [-0.2, -0.15) is 0 Å². The molecule has 1 N–H and O–H groups in total. The molecule has 7 heteroatoms. The van der Waals surface area contributed by atoms with Crippen LogP contribution in [0.15, 0.2) is 71.6 Å². The largest absolute Gasteiger partial charge is 0.490 e. The zero-order valence-corrected chi connectivity index (χ0v) is 22.8. The van der Waals surface area contributed by atoms with E-state index in [9.17, 15) is 9.59 Å². The Kier molecular flexibility index (Phi) is 12.4. The number of hydrogen-bond donors (Lipinski definition) is 1. The molecule has 0 saturated heterocycles. The van der Waals surface area contributed by atoms with Crippen LogP contribution in [0.1, 0.15) is 47.5 Å². The van der Waals surface area contributed by atoms with Gasteiger partial charge in [-0.25, -0.2) is 9.59 Å². The second kappa shape index (κ2) is 15.2. The van der Waals surface area contributed by atoms with E-state index in [1.807, 2.05) is 42.5 Å². The number of carbonyl (C=O) groups is 2. The number of amides is 1. The minimum atomic E-state index is -0.587. The van der Waals surface area contributed by atoms with Crippen LogP contribution in [0.2, 0.25) is 0 Å². The van der Waals surface area contributed by atoms with Crippen LogP contribution in [-0.4, -0.2) is 43.7 Å². The van der Waals surface area contributed by atoms with Gasteiger partial charge in [0.15, 0.2) is 0 Å². The molecule has 0 fully saturated rings. The van der Waals surface area contributed by atoms with Gasteiger partial charge in [-0.3, -0.25) is 0 Å². The van der Waals surface area contributed by atoms with Crippen molar-refractivity contribution in [3.8, 4) is 5.75 Å². The summed E-state index contributed by atoms with van der Waals surface area (Å²) in [7, 11) is 0. The molecule has 0 spiro atoms. The van der Waals surface area contributed by atoms with Crippen molar-refractivity contribution in [2.75, 3.05) is 25.5 Å². The quantitative estimate of drug-likeness (QED) is 0.130. The van der Waals surface area contributed by atoms with Crippen LogP contribution < -0.4 is 10.1 Å². The van der Waals surface area contributed by atoms with E-state index in [0.29, 0.717) is 29.1 Å². The van der Waals surface area contributed by atoms with Gasteiger partial charge >= 0.3 is 12.1 Å². The van der Waals surface area contributed by atoms with Crippen LogP contribution in [-0.2, 0) is 14.3 Å². The molecule has 0 aliphatic rings. The average molecular weight is 516 g/mol. The van der Waals surface area contributed by atoms with Gasteiger partial charge in [-0.15, -0.1) is 11.8 Å². The van der Waals surface area contributed by atoms with Gasteiger partial charge in [-0.1, -0.05) is 64.6 Å². The monoisotopic (exact) mass is 515 g/mol. The summed E-state index contributed by atoms with van der Waals surface area (Å²) in [4.78, 5) is 24.9. The van der Waals surface area contributed by atoms with E-state index in [-0.39, 0.29) is 21.2 Å². The molecule has 1 amide bonds. The van der Waals surface area contributed by atoms with E-state index in [1.165, 1.54) is 5.56 Å². The first-order valence-electron chi connectivity index (χ1n) is 12.3. The number of esters is 1. The molecule has 2 aromatic carbocycles. The highest BCUT2D eigenvalue weighted by Crippen LogP contribution is 2.32. The summed E-state index contributed by atoms with van der Waals surface area (Å²) in [6, 6.07) is 18.1. The van der Waals surface area contributed by atoms with E-state index in [0.717, 1.165) is 10.6 Å². The summed E-state index contributed by atoms with van der Waals surface area (Å²) in [5.74, 6) is 2.35. The summed E-state index contributed by atoms with van der Waals surface area (Å²) < 4.78 is 16.6. The molecule has 0 bridgehead atoms. The van der Waals surface area contributed by atoms with E-state index in [2.05, 4.69) is 51.7 Å². The molecule has 0 aliphatic carbocycles. The number of carbonyl (C=O) groups excluding carboxylic acids is 2. The highest BCUT2D eigenvalue weighted by atomic mass is 32.2. The Balaban J connectivity index is 0.00000684. The molecule has 6 nitrogen and oxygen atoms in total. The average Bonchev–Trinajstić information content (AvgIpc) is 2.84. The lowest BCUT2D eigenvalue weighted by atomic mass is 9.80. The number of nitrogens with one attached hydrogen (secondary N) is 1. The maximum absolute atomic E-state index is 12.3. The lowest BCUT2D eigenvalue weighted by Crippen LogP contribution is -2.35. The first-order valence-corrected chi connectivity index (χ1v) is 13.3. The third kappa shape index (κ3) is 10.4. The Hall–Kier alpha value is -2.93. The summed E-state index contributed by atoms with van der Waals surface area (Å²) >= 11 is 1.59. The first kappa shape index (κ1) is 29.3. The predicted molar refractivity (Wildman–Crippen MR) is 148 cm³/mol. The molecule has 1 unspecified atom stereocenters. The molecule has 0 aromatic heterocycles. The lowest BCUT2D eigenvalue weighted by Gasteiger charge is -2.25. The second-order valence-corrected chi connectivity index (χ2v) is 10.5. The van der Waals surface area contributed by atoms with Crippen molar-refractivity contribution in [2.45, 2.75) is 51.5 Å². The van der Waals surface area contributed by atoms with Gasteiger partial charge in [0.2, 0.25) is 0 Å². The molecule has 2 rings (SSSR count). The fourth-order valence-corrected chi connectivity index (χ4v) is 4.84. The summed E-state index contributed by atoms with van der Waals surface area (Å²) in [5, 5.41) is 2.61. The van der Waals surface area contributed by atoms with Crippen molar-refractivity contribution in [1.29, 1.82) is 0 Å². The van der Waals surface area contributed by atoms with Crippen LogP contribution in [0.25, 0.3) is 0 Å². The van der Waals surface area contributed by atoms with Crippen molar-refractivity contribution in [1.82, 2.24) is 5.32 Å². The Morgan fingerprint density at radius 2 is 1.64 bits per heavy atom. The van der Waals surface area contributed by atoms with Gasteiger partial charge in [0.05, 0.1) is 6.54 Å². The van der Waals surface area contributed by atoms with E-state index in [1.54, 1.807) is 18.7 Å². The normalized spacial score (nSPS) is 11.9. The summed E-state index contributed by atoms with van der Waals surface area (Å²) in [5.41, 5.74) is 1.61. The van der Waals surface area contributed by atoms with Gasteiger partial charge in [0.1, 0.15) is 25.1 Å². The Morgan fingerprint density at radius 3 is 2.22 bits per heavy atom. The molecule has 198 valence electrons. The molecular formula is C29H41NO5S. The molecule has 0 saturated carbocycles. The zero-order valence-electron chi connectivity index (χ0n) is 22.0. The van der Waals surface area contributed by atoms with Gasteiger partial charge in [0.25, 0.3) is 0 Å². The highest BCUT2D eigenvalue weighted by Gasteiger charge is 2.20. The fourth-order valence-electron chi connectivity index (χ4n) is 3.95. The number of thioether (sulfide) groups is 1. The van der Waals surface area contributed by atoms with Crippen molar-refractivity contribution in [3.05, 3.63) is 72.3 Å². The minimum Gasteiger partial charge on any atom is -0.490 e. The van der Waals surface area contributed by atoms with Crippen LogP contribution >= 0.6 is 11.8 Å². The van der Waals surface area contributed by atoms with E-state index >= 15 is 0 Å². The number of rotatable bonds is 14. The Bertz CT molecular complexity index is 958. The minimum absolute atomic E-state index is 0. The van der Waals surface area contributed by atoms with Gasteiger partial charge in [0, 0.05) is 17.6 Å². The maximum Gasteiger partial charge on any atom is 0.407 e. The molecule has 0 radical (unpaired) electrons.